The Kier molecular flexibility index (Phi) is 15.0. The highest BCUT2D eigenvalue weighted by Gasteiger charge is 2.33. The summed E-state index contributed by atoms with van der Waals surface area (Å²) in [5.41, 5.74) is 0.454. The third-order valence-corrected chi connectivity index (χ3v) is 3.51. The number of carbonyl (C=O) groups is 1. The van der Waals surface area contributed by atoms with Gasteiger partial charge in [-0.3, -0.25) is 4.79 Å². The summed E-state index contributed by atoms with van der Waals surface area (Å²) in [5.74, 6) is 1.28. The van der Waals surface area contributed by atoms with E-state index in [1.54, 1.807) is 0 Å². The molecule has 2 N–H and O–H groups in total. The van der Waals surface area contributed by atoms with E-state index in [1.165, 1.54) is 13.0 Å². The molecule has 2 fully saturated rings. The first-order chi connectivity index (χ1) is 7.61. The molecule has 0 aromatic carbocycles. The largest absolute Gasteiger partial charge is 0.351 e. The Bertz CT molecular complexity index is 294. The minimum Gasteiger partial charge on any atom is -0.351 e. The maximum absolute atomic E-state index is 10.9. The number of hydrogen-bond acceptors (Lipinski definition) is 2. The smallest absolute Gasteiger partial charge is 0.223 e. The van der Waals surface area contributed by atoms with Crippen LogP contribution in [0.5, 0.6) is 0 Å². The third kappa shape index (κ3) is 10.5. The van der Waals surface area contributed by atoms with Crippen LogP contribution in [0.15, 0.2) is 0 Å². The van der Waals surface area contributed by atoms with Gasteiger partial charge in [0.25, 0.3) is 0 Å². The standard InChI is InChI=1S/C7H13NO.C7H15N.2CH4.2H2S/c1-5-4-7(2,3)8-6(5)9;1-6-4-7(2,3)8-5-6;;;;/h5H,4H2,1-3H3,(H,8,9);6,8H,4-5H2,1-3H3;2*1H4;2*1H2/t5-;6-;;;;/m00..../s1. The molecule has 2 atom stereocenters. The van der Waals surface area contributed by atoms with Crippen molar-refractivity contribution in [3.05, 3.63) is 0 Å². The van der Waals surface area contributed by atoms with Crippen LogP contribution in [0.2, 0.25) is 0 Å². The van der Waals surface area contributed by atoms with Crippen molar-refractivity contribution in [3.63, 3.8) is 0 Å². The van der Waals surface area contributed by atoms with E-state index in [0.717, 1.165) is 12.3 Å². The average Bonchev–Trinajstić information content (AvgIpc) is 2.53. The zero-order valence-electron chi connectivity index (χ0n) is 13.2. The molecule has 1 amide bonds. The van der Waals surface area contributed by atoms with Gasteiger partial charge in [-0.05, 0) is 53.0 Å². The van der Waals surface area contributed by atoms with Gasteiger partial charge in [-0.2, -0.15) is 27.0 Å². The molecule has 2 heterocycles. The van der Waals surface area contributed by atoms with E-state index in [2.05, 4.69) is 45.3 Å². The van der Waals surface area contributed by atoms with Crippen LogP contribution < -0.4 is 10.6 Å². The van der Waals surface area contributed by atoms with Gasteiger partial charge in [0.05, 0.1) is 0 Å². The lowest BCUT2D eigenvalue weighted by molar-refractivity contribution is -0.122. The first-order valence-electron chi connectivity index (χ1n) is 6.68. The van der Waals surface area contributed by atoms with E-state index in [1.807, 2.05) is 6.92 Å². The predicted octanol–water partition coefficient (Wildman–Crippen LogP) is 3.81. The van der Waals surface area contributed by atoms with Crippen LogP contribution in [0.4, 0.5) is 0 Å². The molecule has 0 saturated carbocycles. The van der Waals surface area contributed by atoms with Crippen LogP contribution in [0.1, 0.15) is 69.2 Å². The number of rotatable bonds is 0. The summed E-state index contributed by atoms with van der Waals surface area (Å²) in [6.45, 7) is 14.1. The summed E-state index contributed by atoms with van der Waals surface area (Å²) in [6.07, 6.45) is 2.29. The molecule has 3 nitrogen and oxygen atoms in total. The Morgan fingerprint density at radius 1 is 0.952 bits per heavy atom. The molecule has 2 rings (SSSR count). The molecule has 0 aromatic heterocycles. The number of hydrogen-bond donors (Lipinski definition) is 2. The topological polar surface area (TPSA) is 41.1 Å². The van der Waals surface area contributed by atoms with E-state index < -0.39 is 0 Å². The van der Waals surface area contributed by atoms with Crippen LogP contribution in [-0.4, -0.2) is 23.5 Å². The summed E-state index contributed by atoms with van der Waals surface area (Å²) in [4.78, 5) is 10.9. The highest BCUT2D eigenvalue weighted by atomic mass is 32.1. The molecule has 132 valence electrons. The second kappa shape index (κ2) is 10.8. The number of carbonyl (C=O) groups excluding carboxylic acids is 1. The number of nitrogens with one attached hydrogen (secondary N) is 2. The maximum atomic E-state index is 10.9. The maximum Gasteiger partial charge on any atom is 0.223 e. The Morgan fingerprint density at radius 2 is 1.43 bits per heavy atom. The van der Waals surface area contributed by atoms with E-state index in [4.69, 9.17) is 0 Å². The summed E-state index contributed by atoms with van der Waals surface area (Å²) in [5, 5.41) is 6.35. The average molecular weight is 341 g/mol. The van der Waals surface area contributed by atoms with E-state index in [-0.39, 0.29) is 59.2 Å². The minimum absolute atomic E-state index is 0. The van der Waals surface area contributed by atoms with Crippen LogP contribution in [0, 0.1) is 11.8 Å². The lowest BCUT2D eigenvalue weighted by Crippen LogP contribution is -2.34. The summed E-state index contributed by atoms with van der Waals surface area (Å²) in [6, 6.07) is 0. The molecule has 0 aliphatic carbocycles. The van der Waals surface area contributed by atoms with Gasteiger partial charge >= 0.3 is 0 Å². The first-order valence-corrected chi connectivity index (χ1v) is 6.68. The van der Waals surface area contributed by atoms with Gasteiger partial charge in [-0.25, -0.2) is 0 Å². The van der Waals surface area contributed by atoms with E-state index in [9.17, 15) is 4.79 Å². The highest BCUT2D eigenvalue weighted by Crippen LogP contribution is 2.23. The van der Waals surface area contributed by atoms with Crippen molar-refractivity contribution in [3.8, 4) is 0 Å². The Balaban J connectivity index is -0.000000116. The van der Waals surface area contributed by atoms with Crippen LogP contribution in [0.25, 0.3) is 0 Å². The SMILES string of the molecule is C.C.C[C@@H]1CNC(C)(C)C1.C[C@H]1CC(C)(C)NC1=O.S.S. The second-order valence-electron chi connectivity index (χ2n) is 7.05. The van der Waals surface area contributed by atoms with Crippen molar-refractivity contribution in [1.82, 2.24) is 10.6 Å². The molecule has 0 bridgehead atoms. The molecule has 5 heteroatoms. The molecule has 2 aliphatic heterocycles. The van der Waals surface area contributed by atoms with Gasteiger partial charge in [0.1, 0.15) is 0 Å². The molecule has 0 spiro atoms. The van der Waals surface area contributed by atoms with Crippen molar-refractivity contribution in [1.29, 1.82) is 0 Å². The highest BCUT2D eigenvalue weighted by molar-refractivity contribution is 7.59. The van der Waals surface area contributed by atoms with Crippen molar-refractivity contribution >= 4 is 32.9 Å². The van der Waals surface area contributed by atoms with Crippen LogP contribution in [-0.2, 0) is 4.79 Å². The fraction of sp³-hybridized carbons (Fsp3) is 0.938. The quantitative estimate of drug-likeness (QED) is 0.704. The Labute approximate surface area is 147 Å². The molecule has 2 saturated heterocycles. The fourth-order valence-electron chi connectivity index (χ4n) is 2.83. The monoisotopic (exact) mass is 340 g/mol. The minimum atomic E-state index is 0. The van der Waals surface area contributed by atoms with Gasteiger partial charge in [-0.15, -0.1) is 0 Å². The fourth-order valence-corrected chi connectivity index (χ4v) is 2.83. The zero-order chi connectivity index (χ0) is 13.3. The molecule has 21 heavy (non-hydrogen) atoms. The second-order valence-corrected chi connectivity index (χ2v) is 7.05. The predicted molar refractivity (Wildman–Crippen MR) is 106 cm³/mol. The van der Waals surface area contributed by atoms with Gasteiger partial charge in [0, 0.05) is 17.0 Å². The molecule has 0 radical (unpaired) electrons. The van der Waals surface area contributed by atoms with E-state index >= 15 is 0 Å². The van der Waals surface area contributed by atoms with E-state index in [0.29, 0.717) is 5.54 Å². The van der Waals surface area contributed by atoms with Crippen molar-refractivity contribution < 1.29 is 4.79 Å². The Morgan fingerprint density at radius 3 is 1.52 bits per heavy atom. The van der Waals surface area contributed by atoms with Gasteiger partial charge in [-0.1, -0.05) is 28.7 Å². The molecule has 0 aromatic rings. The van der Waals surface area contributed by atoms with Crippen LogP contribution >= 0.6 is 27.0 Å². The summed E-state index contributed by atoms with van der Waals surface area (Å²) in [7, 11) is 0. The van der Waals surface area contributed by atoms with Gasteiger partial charge in [0.2, 0.25) is 5.91 Å². The van der Waals surface area contributed by atoms with Crippen molar-refractivity contribution in [2.45, 2.75) is 80.3 Å². The molecule has 0 unspecified atom stereocenters. The third-order valence-electron chi connectivity index (χ3n) is 3.51. The Hall–Kier alpha value is 0.130. The first kappa shape index (κ1) is 29.2. The van der Waals surface area contributed by atoms with Gasteiger partial charge in [0.15, 0.2) is 0 Å². The van der Waals surface area contributed by atoms with Crippen LogP contribution in [0.3, 0.4) is 0 Å². The molecule has 2 aliphatic rings. The normalized spacial score (nSPS) is 27.4. The summed E-state index contributed by atoms with van der Waals surface area (Å²) >= 11 is 0. The summed E-state index contributed by atoms with van der Waals surface area (Å²) < 4.78 is 0. The van der Waals surface area contributed by atoms with Crippen molar-refractivity contribution in [2.75, 3.05) is 6.54 Å². The molecular weight excluding hydrogens is 300 g/mol. The lowest BCUT2D eigenvalue weighted by atomic mass is 9.98. The van der Waals surface area contributed by atoms with Crippen molar-refractivity contribution in [2.24, 2.45) is 11.8 Å². The molecular formula is C16H40N2OS2. The zero-order valence-corrected chi connectivity index (χ0v) is 15.2. The number of amides is 1. The lowest BCUT2D eigenvalue weighted by Gasteiger charge is -2.16. The van der Waals surface area contributed by atoms with Gasteiger partial charge < -0.3 is 10.6 Å².